The number of anilines is 2. The van der Waals surface area contributed by atoms with Crippen LogP contribution >= 0.6 is 11.3 Å². The molecule has 1 heterocycles. The Morgan fingerprint density at radius 1 is 0.941 bits per heavy atom. The first-order valence-corrected chi connectivity index (χ1v) is 11.0. The third-order valence-corrected chi connectivity index (χ3v) is 5.31. The summed E-state index contributed by atoms with van der Waals surface area (Å²) in [6.45, 7) is 0.176. The maximum atomic E-state index is 13.8. The van der Waals surface area contributed by atoms with Crippen LogP contribution in [0.5, 0.6) is 0 Å². The van der Waals surface area contributed by atoms with Gasteiger partial charge in [0.2, 0.25) is 5.91 Å². The number of hydrogen-bond donors (Lipinski definition) is 3. The van der Waals surface area contributed by atoms with E-state index in [2.05, 4.69) is 16.0 Å². The third-order valence-electron chi connectivity index (χ3n) is 4.62. The normalized spacial score (nSPS) is 11.1. The molecule has 3 amide bonds. The van der Waals surface area contributed by atoms with E-state index in [9.17, 15) is 31.9 Å². The SMILES string of the molecule is O=C(CCCNC(=O)c1ccsc1)Nc1ccc(NC(=O)c2ccccc2F)cc1C(F)(F)F. The number of thiophene rings is 1. The summed E-state index contributed by atoms with van der Waals surface area (Å²) in [5, 5.41) is 10.5. The zero-order valence-electron chi connectivity index (χ0n) is 17.5. The highest BCUT2D eigenvalue weighted by atomic mass is 32.1. The van der Waals surface area contributed by atoms with Crippen LogP contribution in [-0.4, -0.2) is 24.3 Å². The largest absolute Gasteiger partial charge is 0.418 e. The molecule has 0 spiro atoms. The van der Waals surface area contributed by atoms with Crippen LogP contribution in [0.3, 0.4) is 0 Å². The van der Waals surface area contributed by atoms with Crippen LogP contribution in [0.15, 0.2) is 59.3 Å². The van der Waals surface area contributed by atoms with Gasteiger partial charge in [0, 0.05) is 29.6 Å². The molecular formula is C23H19F4N3O3S. The fourth-order valence-corrected chi connectivity index (χ4v) is 3.60. The van der Waals surface area contributed by atoms with Crippen molar-refractivity contribution in [1.82, 2.24) is 5.32 Å². The summed E-state index contributed by atoms with van der Waals surface area (Å²) in [7, 11) is 0. The lowest BCUT2D eigenvalue weighted by Crippen LogP contribution is -2.25. The number of amides is 3. The van der Waals surface area contributed by atoms with Crippen LogP contribution in [0, 0.1) is 5.82 Å². The first-order valence-electron chi connectivity index (χ1n) is 10.0. The molecule has 0 fully saturated rings. The minimum Gasteiger partial charge on any atom is -0.352 e. The van der Waals surface area contributed by atoms with Crippen LogP contribution in [0.2, 0.25) is 0 Å². The van der Waals surface area contributed by atoms with Crippen molar-refractivity contribution in [2.24, 2.45) is 0 Å². The van der Waals surface area contributed by atoms with Crippen molar-refractivity contribution in [2.75, 3.05) is 17.2 Å². The highest BCUT2D eigenvalue weighted by Crippen LogP contribution is 2.36. The van der Waals surface area contributed by atoms with Gasteiger partial charge in [0.1, 0.15) is 5.82 Å². The number of rotatable bonds is 8. The zero-order chi connectivity index (χ0) is 24.7. The standard InChI is InChI=1S/C23H19F4N3O3S/c24-18-5-2-1-4-16(18)22(33)29-15-7-8-19(17(12-15)23(25,26)27)30-20(31)6-3-10-28-21(32)14-9-11-34-13-14/h1-2,4-5,7-9,11-13H,3,6,10H2,(H,28,32)(H,29,33)(H,30,31). The number of carbonyl (C=O) groups excluding carboxylic acids is 3. The van der Waals surface area contributed by atoms with Crippen LogP contribution in [0.4, 0.5) is 28.9 Å². The Balaban J connectivity index is 1.61. The molecule has 3 rings (SSSR count). The van der Waals surface area contributed by atoms with Gasteiger partial charge in [0.15, 0.2) is 0 Å². The van der Waals surface area contributed by atoms with Gasteiger partial charge in [-0.05, 0) is 48.2 Å². The van der Waals surface area contributed by atoms with Gasteiger partial charge < -0.3 is 16.0 Å². The third kappa shape index (κ3) is 6.64. The number of nitrogens with one attached hydrogen (secondary N) is 3. The fourth-order valence-electron chi connectivity index (χ4n) is 2.97. The van der Waals surface area contributed by atoms with Crippen molar-refractivity contribution in [1.29, 1.82) is 0 Å². The summed E-state index contributed by atoms with van der Waals surface area (Å²) in [6, 6.07) is 9.55. The molecule has 3 aromatic rings. The molecule has 2 aromatic carbocycles. The van der Waals surface area contributed by atoms with E-state index in [-0.39, 0.29) is 36.5 Å². The molecule has 11 heteroatoms. The minimum absolute atomic E-state index is 0.118. The predicted octanol–water partition coefficient (Wildman–Crippen LogP) is 5.31. The monoisotopic (exact) mass is 493 g/mol. The molecule has 0 saturated heterocycles. The molecule has 1 aromatic heterocycles. The summed E-state index contributed by atoms with van der Waals surface area (Å²) >= 11 is 1.36. The Morgan fingerprint density at radius 2 is 1.71 bits per heavy atom. The van der Waals surface area contributed by atoms with E-state index in [1.807, 2.05) is 0 Å². The highest BCUT2D eigenvalue weighted by Gasteiger charge is 2.34. The molecule has 34 heavy (non-hydrogen) atoms. The number of halogens is 4. The maximum absolute atomic E-state index is 13.8. The molecule has 0 aliphatic rings. The Morgan fingerprint density at radius 3 is 2.38 bits per heavy atom. The molecule has 6 nitrogen and oxygen atoms in total. The van der Waals surface area contributed by atoms with E-state index in [0.29, 0.717) is 11.6 Å². The van der Waals surface area contributed by atoms with Crippen LogP contribution in [0.1, 0.15) is 39.1 Å². The molecule has 0 aliphatic heterocycles. The van der Waals surface area contributed by atoms with Crippen molar-refractivity contribution in [3.63, 3.8) is 0 Å². The van der Waals surface area contributed by atoms with Gasteiger partial charge in [-0.2, -0.15) is 24.5 Å². The van der Waals surface area contributed by atoms with Gasteiger partial charge >= 0.3 is 6.18 Å². The van der Waals surface area contributed by atoms with Crippen LogP contribution in [-0.2, 0) is 11.0 Å². The quantitative estimate of drug-likeness (QED) is 0.294. The number of benzene rings is 2. The number of carbonyl (C=O) groups is 3. The first kappa shape index (κ1) is 24.9. The van der Waals surface area contributed by atoms with Crippen LogP contribution < -0.4 is 16.0 Å². The van der Waals surface area contributed by atoms with E-state index >= 15 is 0 Å². The Hall–Kier alpha value is -3.73. The summed E-state index contributed by atoms with van der Waals surface area (Å²) in [4.78, 5) is 36.2. The average Bonchev–Trinajstić information content (AvgIpc) is 3.32. The molecule has 178 valence electrons. The second kappa shape index (κ2) is 10.9. The molecule has 0 atom stereocenters. The molecule has 0 unspecified atom stereocenters. The highest BCUT2D eigenvalue weighted by molar-refractivity contribution is 7.08. The number of alkyl halides is 3. The Kier molecular flexibility index (Phi) is 8.00. The van der Waals surface area contributed by atoms with E-state index in [1.54, 1.807) is 16.8 Å². The van der Waals surface area contributed by atoms with E-state index in [4.69, 9.17) is 0 Å². The zero-order valence-corrected chi connectivity index (χ0v) is 18.4. The van der Waals surface area contributed by atoms with Crippen molar-refractivity contribution in [3.05, 3.63) is 81.8 Å². The predicted molar refractivity (Wildman–Crippen MR) is 120 cm³/mol. The van der Waals surface area contributed by atoms with Gasteiger partial charge in [-0.1, -0.05) is 12.1 Å². The van der Waals surface area contributed by atoms with Gasteiger partial charge in [-0.25, -0.2) is 4.39 Å². The summed E-state index contributed by atoms with van der Waals surface area (Å²) in [5.74, 6) is -2.69. The fraction of sp³-hybridized carbons (Fsp3) is 0.174. The first-order chi connectivity index (χ1) is 16.1. The van der Waals surface area contributed by atoms with Gasteiger partial charge in [-0.3, -0.25) is 14.4 Å². The number of hydrogen-bond acceptors (Lipinski definition) is 4. The maximum Gasteiger partial charge on any atom is 0.418 e. The second-order valence-corrected chi connectivity index (χ2v) is 7.89. The van der Waals surface area contributed by atoms with E-state index in [0.717, 1.165) is 12.1 Å². The van der Waals surface area contributed by atoms with Crippen molar-refractivity contribution < 1.29 is 31.9 Å². The van der Waals surface area contributed by atoms with E-state index in [1.165, 1.54) is 35.6 Å². The summed E-state index contributed by atoms with van der Waals surface area (Å²) in [6.07, 6.45) is -4.72. The van der Waals surface area contributed by atoms with Crippen molar-refractivity contribution >= 4 is 40.4 Å². The van der Waals surface area contributed by atoms with Gasteiger partial charge in [-0.15, -0.1) is 0 Å². The Labute approximate surface area is 196 Å². The molecule has 0 radical (unpaired) electrons. The molecule has 0 bridgehead atoms. The summed E-state index contributed by atoms with van der Waals surface area (Å²) in [5.41, 5.74) is -1.69. The lowest BCUT2D eigenvalue weighted by Gasteiger charge is -2.16. The summed E-state index contributed by atoms with van der Waals surface area (Å²) < 4.78 is 54.4. The van der Waals surface area contributed by atoms with Gasteiger partial charge in [0.05, 0.1) is 16.8 Å². The molecule has 3 N–H and O–H groups in total. The second-order valence-electron chi connectivity index (χ2n) is 7.11. The minimum atomic E-state index is -4.82. The topological polar surface area (TPSA) is 87.3 Å². The van der Waals surface area contributed by atoms with Crippen LogP contribution in [0.25, 0.3) is 0 Å². The van der Waals surface area contributed by atoms with Crippen molar-refractivity contribution in [3.8, 4) is 0 Å². The average molecular weight is 493 g/mol. The van der Waals surface area contributed by atoms with Gasteiger partial charge in [0.25, 0.3) is 11.8 Å². The lowest BCUT2D eigenvalue weighted by atomic mass is 10.1. The molecule has 0 aliphatic carbocycles. The molecular weight excluding hydrogens is 474 g/mol. The van der Waals surface area contributed by atoms with E-state index < -0.39 is 35.1 Å². The Bertz CT molecular complexity index is 1180. The lowest BCUT2D eigenvalue weighted by molar-refractivity contribution is -0.136. The smallest absolute Gasteiger partial charge is 0.352 e. The van der Waals surface area contributed by atoms with Crippen molar-refractivity contribution in [2.45, 2.75) is 19.0 Å². The molecule has 0 saturated carbocycles.